The van der Waals surface area contributed by atoms with E-state index in [1.807, 2.05) is 6.07 Å². The third-order valence-corrected chi connectivity index (χ3v) is 2.55. The summed E-state index contributed by atoms with van der Waals surface area (Å²) in [7, 11) is 0. The summed E-state index contributed by atoms with van der Waals surface area (Å²) in [4.78, 5) is 11.1. The highest BCUT2D eigenvalue weighted by Crippen LogP contribution is 2.51. The fourth-order valence-electron chi connectivity index (χ4n) is 1.59. The molecule has 2 aliphatic carbocycles. The van der Waals surface area contributed by atoms with E-state index in [1.165, 1.54) is 0 Å². The van der Waals surface area contributed by atoms with Gasteiger partial charge >= 0.3 is 5.97 Å². The van der Waals surface area contributed by atoms with Crippen LogP contribution in [0.15, 0.2) is 12.2 Å². The summed E-state index contributed by atoms with van der Waals surface area (Å²) in [5.41, 5.74) is 0. The molecule has 2 rings (SSSR count). The van der Waals surface area contributed by atoms with Crippen molar-refractivity contribution in [1.29, 1.82) is 5.26 Å². The molecule has 0 aromatic rings. The summed E-state index contributed by atoms with van der Waals surface area (Å²) in [6.45, 7) is 0. The molecular formula is C10H11NO2. The van der Waals surface area contributed by atoms with Crippen LogP contribution in [0.25, 0.3) is 0 Å². The van der Waals surface area contributed by atoms with E-state index in [9.17, 15) is 4.79 Å². The molecule has 0 aliphatic heterocycles. The molecule has 2 atom stereocenters. The van der Waals surface area contributed by atoms with E-state index in [-0.39, 0.29) is 12.1 Å². The van der Waals surface area contributed by atoms with E-state index in [2.05, 4.69) is 12.2 Å². The van der Waals surface area contributed by atoms with Gasteiger partial charge in [-0.2, -0.15) is 5.26 Å². The zero-order chi connectivity index (χ0) is 9.26. The van der Waals surface area contributed by atoms with Crippen molar-refractivity contribution in [2.75, 3.05) is 0 Å². The van der Waals surface area contributed by atoms with Crippen LogP contribution < -0.4 is 0 Å². The molecule has 1 fully saturated rings. The molecule has 3 heteroatoms. The number of unbranched alkanes of at least 4 members (excludes halogenated alkanes) is 1. The Bertz CT molecular complexity index is 278. The predicted octanol–water partition coefficient (Wildman–Crippen LogP) is 1.41. The van der Waals surface area contributed by atoms with Gasteiger partial charge in [-0.25, -0.2) is 0 Å². The van der Waals surface area contributed by atoms with Crippen LogP contribution in [0.1, 0.15) is 19.3 Å². The highest BCUT2D eigenvalue weighted by atomic mass is 16.5. The number of hydrogen-bond acceptors (Lipinski definition) is 3. The van der Waals surface area contributed by atoms with Gasteiger partial charge in [0.05, 0.1) is 6.07 Å². The van der Waals surface area contributed by atoms with Crippen molar-refractivity contribution >= 4 is 5.97 Å². The fourth-order valence-corrected chi connectivity index (χ4v) is 1.59. The Morgan fingerprint density at radius 2 is 2.15 bits per heavy atom. The lowest BCUT2D eigenvalue weighted by Crippen LogP contribution is -2.07. The first-order valence-electron chi connectivity index (χ1n) is 4.57. The van der Waals surface area contributed by atoms with E-state index in [0.29, 0.717) is 31.1 Å². The van der Waals surface area contributed by atoms with Crippen LogP contribution in [-0.4, -0.2) is 12.1 Å². The van der Waals surface area contributed by atoms with Gasteiger partial charge in [0.1, 0.15) is 6.10 Å². The molecule has 13 heavy (non-hydrogen) atoms. The normalized spacial score (nSPS) is 32.7. The van der Waals surface area contributed by atoms with Crippen molar-refractivity contribution in [3.8, 4) is 6.07 Å². The van der Waals surface area contributed by atoms with Crippen molar-refractivity contribution in [2.45, 2.75) is 25.4 Å². The third kappa shape index (κ3) is 1.57. The number of carbonyl (C=O) groups is 1. The van der Waals surface area contributed by atoms with Crippen LogP contribution in [-0.2, 0) is 9.53 Å². The van der Waals surface area contributed by atoms with E-state index < -0.39 is 0 Å². The lowest BCUT2D eigenvalue weighted by atomic mass is 10.1. The Hall–Kier alpha value is -1.30. The standard InChI is InChI=1S/C10H11NO2/c11-6-2-1-3-9(12)13-10-7-4-5-8(7)10/h4-5,7-8,10H,1-3H2. The Morgan fingerprint density at radius 1 is 1.46 bits per heavy atom. The molecule has 2 unspecified atom stereocenters. The van der Waals surface area contributed by atoms with Gasteiger partial charge in [0.2, 0.25) is 0 Å². The number of esters is 1. The minimum Gasteiger partial charge on any atom is -0.461 e. The number of fused-ring (bicyclic) bond motifs is 1. The number of nitrogens with zero attached hydrogens (tertiary/aromatic N) is 1. The quantitative estimate of drug-likeness (QED) is 0.370. The lowest BCUT2D eigenvalue weighted by Gasteiger charge is -2.00. The summed E-state index contributed by atoms with van der Waals surface area (Å²) >= 11 is 0. The summed E-state index contributed by atoms with van der Waals surface area (Å²) in [5.74, 6) is 0.872. The minimum atomic E-state index is -0.156. The monoisotopic (exact) mass is 177 g/mol. The summed E-state index contributed by atoms with van der Waals surface area (Å²) in [5, 5.41) is 8.26. The number of hydrogen-bond donors (Lipinski definition) is 0. The van der Waals surface area contributed by atoms with E-state index in [0.717, 1.165) is 0 Å². The molecule has 0 heterocycles. The second kappa shape index (κ2) is 3.21. The molecule has 0 saturated heterocycles. The molecule has 3 nitrogen and oxygen atoms in total. The first-order valence-corrected chi connectivity index (χ1v) is 4.57. The molecule has 0 spiro atoms. The van der Waals surface area contributed by atoms with Gasteiger partial charge in [0.15, 0.2) is 0 Å². The molecule has 0 amide bonds. The van der Waals surface area contributed by atoms with Crippen molar-refractivity contribution in [3.05, 3.63) is 12.2 Å². The average Bonchev–Trinajstić information content (AvgIpc) is 2.50. The van der Waals surface area contributed by atoms with Crippen molar-refractivity contribution in [1.82, 2.24) is 0 Å². The molecule has 0 aromatic heterocycles. The third-order valence-electron chi connectivity index (χ3n) is 2.55. The minimum absolute atomic E-state index is 0.134. The fraction of sp³-hybridized carbons (Fsp3) is 0.600. The van der Waals surface area contributed by atoms with Gasteiger partial charge in [-0.05, 0) is 6.42 Å². The zero-order valence-corrected chi connectivity index (χ0v) is 7.27. The highest BCUT2D eigenvalue weighted by Gasteiger charge is 2.55. The predicted molar refractivity (Wildman–Crippen MR) is 45.5 cm³/mol. The Labute approximate surface area is 77.0 Å². The Kier molecular flexibility index (Phi) is 2.05. The molecule has 0 aromatic carbocycles. The molecule has 68 valence electrons. The number of carbonyl (C=O) groups excluding carboxylic acids is 1. The van der Waals surface area contributed by atoms with Crippen LogP contribution in [0.3, 0.4) is 0 Å². The summed E-state index contributed by atoms with van der Waals surface area (Å²) in [6.07, 6.45) is 5.73. The van der Waals surface area contributed by atoms with E-state index in [4.69, 9.17) is 10.00 Å². The van der Waals surface area contributed by atoms with E-state index >= 15 is 0 Å². The molecular weight excluding hydrogens is 166 g/mol. The summed E-state index contributed by atoms with van der Waals surface area (Å²) in [6, 6.07) is 2.00. The van der Waals surface area contributed by atoms with E-state index in [1.54, 1.807) is 0 Å². The largest absolute Gasteiger partial charge is 0.461 e. The van der Waals surface area contributed by atoms with Crippen LogP contribution in [0.5, 0.6) is 0 Å². The second-order valence-electron chi connectivity index (χ2n) is 3.51. The molecule has 0 N–H and O–H groups in total. The number of nitriles is 1. The molecule has 1 saturated carbocycles. The first kappa shape index (κ1) is 8.31. The van der Waals surface area contributed by atoms with Gasteiger partial charge in [0.25, 0.3) is 0 Å². The summed E-state index contributed by atoms with van der Waals surface area (Å²) < 4.78 is 5.18. The smallest absolute Gasteiger partial charge is 0.306 e. The maximum atomic E-state index is 11.1. The average molecular weight is 177 g/mol. The van der Waals surface area contributed by atoms with Gasteiger partial charge in [0, 0.05) is 24.7 Å². The second-order valence-corrected chi connectivity index (χ2v) is 3.51. The Balaban J connectivity index is 1.60. The number of rotatable bonds is 4. The first-order chi connectivity index (χ1) is 6.33. The van der Waals surface area contributed by atoms with Crippen molar-refractivity contribution in [2.24, 2.45) is 11.8 Å². The lowest BCUT2D eigenvalue weighted by molar-refractivity contribution is -0.145. The molecule has 0 radical (unpaired) electrons. The van der Waals surface area contributed by atoms with Crippen LogP contribution >= 0.6 is 0 Å². The van der Waals surface area contributed by atoms with Crippen LogP contribution in [0.2, 0.25) is 0 Å². The zero-order valence-electron chi connectivity index (χ0n) is 7.27. The molecule has 0 bridgehead atoms. The van der Waals surface area contributed by atoms with Gasteiger partial charge in [-0.15, -0.1) is 0 Å². The SMILES string of the molecule is N#CCCCC(=O)OC1C2C=CC21. The Morgan fingerprint density at radius 3 is 2.69 bits per heavy atom. The molecule has 2 aliphatic rings. The topological polar surface area (TPSA) is 50.1 Å². The maximum Gasteiger partial charge on any atom is 0.306 e. The van der Waals surface area contributed by atoms with Gasteiger partial charge in [-0.1, -0.05) is 12.2 Å². The van der Waals surface area contributed by atoms with Gasteiger partial charge < -0.3 is 4.74 Å². The van der Waals surface area contributed by atoms with Crippen molar-refractivity contribution in [3.63, 3.8) is 0 Å². The van der Waals surface area contributed by atoms with Crippen LogP contribution in [0, 0.1) is 23.2 Å². The number of ether oxygens (including phenoxy) is 1. The van der Waals surface area contributed by atoms with Crippen LogP contribution in [0.4, 0.5) is 0 Å². The maximum absolute atomic E-state index is 11.1. The van der Waals surface area contributed by atoms with Gasteiger partial charge in [-0.3, -0.25) is 4.79 Å². The highest BCUT2D eigenvalue weighted by molar-refractivity contribution is 5.70. The van der Waals surface area contributed by atoms with Crippen molar-refractivity contribution < 1.29 is 9.53 Å².